The third-order valence-corrected chi connectivity index (χ3v) is 3.31. The molecule has 2 nitrogen and oxygen atoms in total. The summed E-state index contributed by atoms with van der Waals surface area (Å²) in [7, 11) is 1.84. The van der Waals surface area contributed by atoms with Gasteiger partial charge in [-0.25, -0.2) is 4.39 Å². The number of halogens is 2. The van der Waals surface area contributed by atoms with E-state index >= 15 is 0 Å². The molecule has 0 radical (unpaired) electrons. The second-order valence-corrected chi connectivity index (χ2v) is 4.77. The Kier molecular flexibility index (Phi) is 4.40. The van der Waals surface area contributed by atoms with Gasteiger partial charge in [-0.05, 0) is 24.3 Å². The van der Waals surface area contributed by atoms with Gasteiger partial charge in [-0.3, -0.25) is 0 Å². The predicted molar refractivity (Wildman–Crippen MR) is 76.1 cm³/mol. The van der Waals surface area contributed by atoms with Crippen molar-refractivity contribution in [2.24, 2.45) is 0 Å². The third-order valence-electron chi connectivity index (χ3n) is 2.98. The second kappa shape index (κ2) is 6.04. The normalized spacial score (nSPS) is 12.2. The van der Waals surface area contributed by atoms with Crippen LogP contribution < -0.4 is 4.90 Å². The highest BCUT2D eigenvalue weighted by molar-refractivity contribution is 6.31. The molecule has 0 heterocycles. The summed E-state index contributed by atoms with van der Waals surface area (Å²) in [6.07, 6.45) is -0.973. The van der Waals surface area contributed by atoms with Gasteiger partial charge in [0.1, 0.15) is 11.9 Å². The quantitative estimate of drug-likeness (QED) is 0.923. The summed E-state index contributed by atoms with van der Waals surface area (Å²) in [6, 6.07) is 14.0. The molecule has 19 heavy (non-hydrogen) atoms. The Hall–Kier alpha value is -1.58. The molecule has 2 aromatic carbocycles. The van der Waals surface area contributed by atoms with E-state index in [2.05, 4.69) is 0 Å². The number of nitrogens with zero attached hydrogens (tertiary/aromatic N) is 1. The molecule has 0 amide bonds. The van der Waals surface area contributed by atoms with Crippen LogP contribution >= 0.6 is 11.6 Å². The molecule has 100 valence electrons. The lowest BCUT2D eigenvalue weighted by Gasteiger charge is -2.23. The van der Waals surface area contributed by atoms with E-state index in [0.717, 1.165) is 5.69 Å². The van der Waals surface area contributed by atoms with Crippen LogP contribution in [0.1, 0.15) is 11.7 Å². The van der Waals surface area contributed by atoms with Crippen molar-refractivity contribution in [2.45, 2.75) is 6.10 Å². The van der Waals surface area contributed by atoms with Gasteiger partial charge in [-0.1, -0.05) is 35.9 Å². The fourth-order valence-electron chi connectivity index (χ4n) is 1.97. The molecule has 4 heteroatoms. The minimum absolute atomic E-state index is 0.145. The summed E-state index contributed by atoms with van der Waals surface area (Å²) in [6.45, 7) is 0.269. The van der Waals surface area contributed by atoms with Gasteiger partial charge in [0, 0.05) is 29.9 Å². The molecular weight excluding hydrogens is 265 g/mol. The maximum Gasteiger partial charge on any atom is 0.130 e. The molecule has 0 aliphatic rings. The smallest absolute Gasteiger partial charge is 0.130 e. The minimum Gasteiger partial charge on any atom is -0.386 e. The first-order valence-corrected chi connectivity index (χ1v) is 6.35. The highest BCUT2D eigenvalue weighted by Gasteiger charge is 2.18. The van der Waals surface area contributed by atoms with Gasteiger partial charge in [-0.2, -0.15) is 0 Å². The van der Waals surface area contributed by atoms with Gasteiger partial charge in [0.05, 0.1) is 0 Å². The molecule has 0 aliphatic carbocycles. The van der Waals surface area contributed by atoms with Crippen LogP contribution in [0, 0.1) is 5.82 Å². The molecule has 0 aliphatic heterocycles. The van der Waals surface area contributed by atoms with Crippen LogP contribution in [-0.2, 0) is 0 Å². The van der Waals surface area contributed by atoms with Crippen LogP contribution in [0.15, 0.2) is 48.5 Å². The predicted octanol–water partition coefficient (Wildman–Crippen LogP) is 3.65. The van der Waals surface area contributed by atoms with Crippen molar-refractivity contribution in [1.29, 1.82) is 0 Å². The molecule has 0 spiro atoms. The summed E-state index contributed by atoms with van der Waals surface area (Å²) < 4.78 is 13.7. The molecule has 1 atom stereocenters. The number of anilines is 1. The summed E-state index contributed by atoms with van der Waals surface area (Å²) in [5, 5.41) is 10.4. The first-order valence-electron chi connectivity index (χ1n) is 5.97. The summed E-state index contributed by atoms with van der Waals surface area (Å²) in [5.74, 6) is -0.485. The number of aliphatic hydroxyl groups excluding tert-OH is 1. The Labute approximate surface area is 117 Å². The molecule has 2 rings (SSSR count). The Morgan fingerprint density at radius 3 is 2.47 bits per heavy atom. The fraction of sp³-hybridized carbons (Fsp3) is 0.200. The number of aliphatic hydroxyl groups is 1. The largest absolute Gasteiger partial charge is 0.386 e. The Balaban J connectivity index is 2.15. The molecule has 0 bridgehead atoms. The van der Waals surface area contributed by atoms with Crippen molar-refractivity contribution in [2.75, 3.05) is 18.5 Å². The first kappa shape index (κ1) is 13.8. The van der Waals surface area contributed by atoms with Crippen LogP contribution in [-0.4, -0.2) is 18.7 Å². The van der Waals surface area contributed by atoms with Crippen LogP contribution in [0.5, 0.6) is 0 Å². The van der Waals surface area contributed by atoms with E-state index in [9.17, 15) is 9.50 Å². The number of hydrogen-bond acceptors (Lipinski definition) is 2. The van der Waals surface area contributed by atoms with E-state index < -0.39 is 11.9 Å². The van der Waals surface area contributed by atoms with E-state index in [1.807, 2.05) is 42.3 Å². The SMILES string of the molecule is CN(CC(O)c1c(F)cccc1Cl)c1ccccc1. The van der Waals surface area contributed by atoms with E-state index in [4.69, 9.17) is 11.6 Å². The monoisotopic (exact) mass is 279 g/mol. The average Bonchev–Trinajstić information content (AvgIpc) is 2.39. The molecule has 1 N–H and O–H groups in total. The van der Waals surface area contributed by atoms with Gasteiger partial charge in [0.2, 0.25) is 0 Å². The van der Waals surface area contributed by atoms with Crippen LogP contribution in [0.2, 0.25) is 5.02 Å². The molecule has 0 saturated heterocycles. The lowest BCUT2D eigenvalue weighted by atomic mass is 10.1. The average molecular weight is 280 g/mol. The van der Waals surface area contributed by atoms with E-state index in [1.165, 1.54) is 12.1 Å². The standard InChI is InChI=1S/C15H15ClFNO/c1-18(11-6-3-2-4-7-11)10-14(19)15-12(16)8-5-9-13(15)17/h2-9,14,19H,10H2,1H3. The number of likely N-dealkylation sites (N-methyl/N-ethyl adjacent to an activating group) is 1. The Bertz CT molecular complexity index is 527. The number of benzene rings is 2. The van der Waals surface area contributed by atoms with Crippen molar-refractivity contribution in [1.82, 2.24) is 0 Å². The molecule has 0 aromatic heterocycles. The lowest BCUT2D eigenvalue weighted by molar-refractivity contribution is 0.180. The topological polar surface area (TPSA) is 23.5 Å². The van der Waals surface area contributed by atoms with E-state index in [0.29, 0.717) is 0 Å². The van der Waals surface area contributed by atoms with Gasteiger partial charge in [0.15, 0.2) is 0 Å². The minimum atomic E-state index is -0.973. The highest BCUT2D eigenvalue weighted by atomic mass is 35.5. The zero-order chi connectivity index (χ0) is 13.8. The van der Waals surface area contributed by atoms with E-state index in [1.54, 1.807) is 6.07 Å². The lowest BCUT2D eigenvalue weighted by Crippen LogP contribution is -2.24. The number of hydrogen-bond donors (Lipinski definition) is 1. The van der Waals surface area contributed by atoms with Crippen molar-refractivity contribution in [3.8, 4) is 0 Å². The van der Waals surface area contributed by atoms with Crippen molar-refractivity contribution in [3.05, 3.63) is 64.9 Å². The van der Waals surface area contributed by atoms with Crippen molar-refractivity contribution in [3.63, 3.8) is 0 Å². The summed E-state index contributed by atoms with van der Waals surface area (Å²) in [4.78, 5) is 1.85. The number of rotatable bonds is 4. The zero-order valence-corrected chi connectivity index (χ0v) is 11.3. The van der Waals surface area contributed by atoms with Crippen molar-refractivity contribution >= 4 is 17.3 Å². The van der Waals surface area contributed by atoms with Gasteiger partial charge in [0.25, 0.3) is 0 Å². The summed E-state index contributed by atoms with van der Waals surface area (Å²) in [5.41, 5.74) is 1.10. The molecule has 0 saturated carbocycles. The second-order valence-electron chi connectivity index (χ2n) is 4.37. The van der Waals surface area contributed by atoms with Crippen molar-refractivity contribution < 1.29 is 9.50 Å². The van der Waals surface area contributed by atoms with E-state index in [-0.39, 0.29) is 17.1 Å². The fourth-order valence-corrected chi connectivity index (χ4v) is 2.26. The zero-order valence-electron chi connectivity index (χ0n) is 10.6. The molecule has 2 aromatic rings. The number of para-hydroxylation sites is 1. The Morgan fingerprint density at radius 1 is 1.16 bits per heavy atom. The van der Waals surface area contributed by atoms with Gasteiger partial charge < -0.3 is 10.0 Å². The van der Waals surface area contributed by atoms with Crippen LogP contribution in [0.25, 0.3) is 0 Å². The maximum absolute atomic E-state index is 13.7. The first-order chi connectivity index (χ1) is 9.09. The van der Waals surface area contributed by atoms with Gasteiger partial charge >= 0.3 is 0 Å². The Morgan fingerprint density at radius 2 is 1.84 bits per heavy atom. The van der Waals surface area contributed by atoms with Crippen LogP contribution in [0.4, 0.5) is 10.1 Å². The maximum atomic E-state index is 13.7. The third kappa shape index (κ3) is 3.25. The molecule has 1 unspecified atom stereocenters. The highest BCUT2D eigenvalue weighted by Crippen LogP contribution is 2.27. The summed E-state index contributed by atoms with van der Waals surface area (Å²) >= 11 is 5.94. The molecule has 0 fully saturated rings. The van der Waals surface area contributed by atoms with Crippen LogP contribution in [0.3, 0.4) is 0 Å². The van der Waals surface area contributed by atoms with Gasteiger partial charge in [-0.15, -0.1) is 0 Å². The molecular formula is C15H15ClFNO.